The van der Waals surface area contributed by atoms with Gasteiger partial charge in [0.1, 0.15) is 12.6 Å². The van der Waals surface area contributed by atoms with Crippen LogP contribution in [0.3, 0.4) is 0 Å². The van der Waals surface area contributed by atoms with E-state index in [1.807, 2.05) is 30.4 Å². The van der Waals surface area contributed by atoms with Gasteiger partial charge in [-0.3, -0.25) is 14.1 Å². The second-order valence-electron chi connectivity index (χ2n) is 13.9. The fraction of sp³-hybridized carbons (Fsp3) is 0.714. The molecule has 0 aliphatic carbocycles. The van der Waals surface area contributed by atoms with Crippen LogP contribution in [0.2, 0.25) is 0 Å². The first kappa shape index (κ1) is 52.8. The highest BCUT2D eigenvalue weighted by atomic mass is 32.2. The Bertz CT molecular complexity index is 1140. The highest BCUT2D eigenvalue weighted by Crippen LogP contribution is 2.36. The number of rotatable bonds is 38. The van der Waals surface area contributed by atoms with E-state index in [2.05, 4.69) is 30.5 Å². The molecule has 4 atom stereocenters. The highest BCUT2D eigenvalue weighted by Gasteiger charge is 2.26. The summed E-state index contributed by atoms with van der Waals surface area (Å²) in [4.78, 5) is 42.3. The van der Waals surface area contributed by atoms with Gasteiger partial charge in [0.05, 0.1) is 19.0 Å². The van der Waals surface area contributed by atoms with Gasteiger partial charge in [-0.1, -0.05) is 146 Å². The van der Waals surface area contributed by atoms with Gasteiger partial charge in [-0.05, 0) is 51.0 Å². The van der Waals surface area contributed by atoms with Crippen LogP contribution in [0.5, 0.6) is 0 Å². The number of allylic oxidation sites excluding steroid dienone is 8. The summed E-state index contributed by atoms with van der Waals surface area (Å²) in [5.74, 6) is -1.70. The monoisotopic (exact) mass is 815 g/mol. The van der Waals surface area contributed by atoms with Crippen LogP contribution >= 0.6 is 19.6 Å². The first-order valence-corrected chi connectivity index (χ1v) is 23.2. The molecule has 0 rings (SSSR count). The molecule has 11 nitrogen and oxygen atoms in total. The minimum absolute atomic E-state index is 0.0594. The molecule has 0 saturated carbocycles. The first-order chi connectivity index (χ1) is 26.5. The predicted octanol–water partition coefficient (Wildman–Crippen LogP) is 9.87. The molecule has 0 aliphatic rings. The smallest absolute Gasteiger partial charge is 0.469 e. The van der Waals surface area contributed by atoms with E-state index in [0.29, 0.717) is 0 Å². The molecule has 0 aromatic carbocycles. The second-order valence-corrected chi connectivity index (χ2v) is 16.3. The number of nitrogens with two attached hydrogens (primary N) is 1. The molecular formula is C42H74NO10PS. The lowest BCUT2D eigenvalue weighted by Crippen LogP contribution is -2.40. The fourth-order valence-corrected chi connectivity index (χ4v) is 6.90. The summed E-state index contributed by atoms with van der Waals surface area (Å²) in [5.41, 5.74) is 6.14. The van der Waals surface area contributed by atoms with Crippen LogP contribution in [-0.4, -0.2) is 74.4 Å². The average molecular weight is 816 g/mol. The van der Waals surface area contributed by atoms with Crippen molar-refractivity contribution in [3.63, 3.8) is 0 Å². The van der Waals surface area contributed by atoms with E-state index in [0.717, 1.165) is 32.1 Å². The molecule has 0 spiro atoms. The van der Waals surface area contributed by atoms with Crippen LogP contribution in [0.15, 0.2) is 60.9 Å². The second kappa shape index (κ2) is 37.4. The van der Waals surface area contributed by atoms with Crippen molar-refractivity contribution in [1.29, 1.82) is 0 Å². The van der Waals surface area contributed by atoms with Crippen molar-refractivity contribution < 1.29 is 48.2 Å². The SMILES string of the molecule is CCCCC/C=C\C\C=C/C=C/C=C/[C@@H](SC[C@H](N)C(=O)O[C@H](CO/C=C/CCCCCCCCCCCCCC)COP(=O)(O)O)[C@@H](O)CCCC(=O)O. The lowest BCUT2D eigenvalue weighted by Gasteiger charge is -2.22. The van der Waals surface area contributed by atoms with Crippen molar-refractivity contribution in [2.75, 3.05) is 19.0 Å². The molecule has 13 heteroatoms. The largest absolute Gasteiger partial charge is 0.498 e. The zero-order chi connectivity index (χ0) is 40.8. The third kappa shape index (κ3) is 37.2. The Hall–Kier alpha value is -2.18. The number of phosphoric ester groups is 1. The van der Waals surface area contributed by atoms with Crippen molar-refractivity contribution >= 4 is 31.5 Å². The van der Waals surface area contributed by atoms with Gasteiger partial charge >= 0.3 is 19.8 Å². The number of aliphatic carboxylic acids is 1. The minimum Gasteiger partial charge on any atom is -0.498 e. The quantitative estimate of drug-likeness (QED) is 0.00994. The molecule has 0 aliphatic heterocycles. The van der Waals surface area contributed by atoms with Gasteiger partial charge in [0.15, 0.2) is 6.10 Å². The van der Waals surface area contributed by atoms with Gasteiger partial charge in [-0.25, -0.2) is 4.57 Å². The molecule has 0 aromatic heterocycles. The Labute approximate surface area is 336 Å². The fourth-order valence-electron chi connectivity index (χ4n) is 5.42. The van der Waals surface area contributed by atoms with Crippen LogP contribution < -0.4 is 5.73 Å². The molecule has 6 N–H and O–H groups in total. The third-order valence-electron chi connectivity index (χ3n) is 8.63. The zero-order valence-corrected chi connectivity index (χ0v) is 35.4. The van der Waals surface area contributed by atoms with Gasteiger partial charge in [0.2, 0.25) is 0 Å². The number of hydrogen-bond acceptors (Lipinski definition) is 9. The Morgan fingerprint density at radius 2 is 1.33 bits per heavy atom. The van der Waals surface area contributed by atoms with E-state index in [1.54, 1.807) is 12.2 Å². The lowest BCUT2D eigenvalue weighted by atomic mass is 10.0. The summed E-state index contributed by atoms with van der Waals surface area (Å²) in [6.45, 7) is 3.64. The van der Waals surface area contributed by atoms with Crippen LogP contribution in [0, 0.1) is 0 Å². The number of carboxylic acid groups (broad SMARTS) is 1. The first-order valence-electron chi connectivity index (χ1n) is 20.6. The average Bonchev–Trinajstić information content (AvgIpc) is 3.14. The zero-order valence-electron chi connectivity index (χ0n) is 33.7. The third-order valence-corrected chi connectivity index (χ3v) is 10.5. The predicted molar refractivity (Wildman–Crippen MR) is 226 cm³/mol. The Morgan fingerprint density at radius 1 is 0.745 bits per heavy atom. The number of thioether (sulfide) groups is 1. The number of carbonyl (C=O) groups is 2. The maximum atomic E-state index is 12.9. The molecule has 0 radical (unpaired) electrons. The lowest BCUT2D eigenvalue weighted by molar-refractivity contribution is -0.154. The highest BCUT2D eigenvalue weighted by molar-refractivity contribution is 8.00. The van der Waals surface area contributed by atoms with E-state index in [1.165, 1.54) is 101 Å². The van der Waals surface area contributed by atoms with Gasteiger partial charge in [-0.2, -0.15) is 0 Å². The van der Waals surface area contributed by atoms with E-state index < -0.39 is 49.9 Å². The van der Waals surface area contributed by atoms with Crippen molar-refractivity contribution in [3.05, 3.63) is 60.9 Å². The van der Waals surface area contributed by atoms with Crippen LogP contribution in [-0.2, 0) is 28.2 Å². The van der Waals surface area contributed by atoms with E-state index in [4.69, 9.17) is 20.3 Å². The van der Waals surface area contributed by atoms with Gasteiger partial charge in [-0.15, -0.1) is 11.8 Å². The summed E-state index contributed by atoms with van der Waals surface area (Å²) >= 11 is 1.22. The number of aliphatic hydroxyl groups excluding tert-OH is 1. The number of ether oxygens (including phenoxy) is 2. The summed E-state index contributed by atoms with van der Waals surface area (Å²) in [5, 5.41) is 19.3. The Kier molecular flexibility index (Phi) is 35.9. The molecule has 0 bridgehead atoms. The Balaban J connectivity index is 4.88. The molecular weight excluding hydrogens is 742 g/mol. The molecule has 0 fully saturated rings. The van der Waals surface area contributed by atoms with Crippen molar-refractivity contribution in [1.82, 2.24) is 0 Å². The molecule has 0 heterocycles. The summed E-state index contributed by atoms with van der Waals surface area (Å²) < 4.78 is 26.8. The van der Waals surface area contributed by atoms with Crippen LogP contribution in [0.4, 0.5) is 0 Å². The summed E-state index contributed by atoms with van der Waals surface area (Å²) in [7, 11) is -4.83. The minimum atomic E-state index is -4.83. The maximum absolute atomic E-state index is 12.9. The molecule has 318 valence electrons. The number of esters is 1. The van der Waals surface area contributed by atoms with Gasteiger partial charge in [0, 0.05) is 17.4 Å². The van der Waals surface area contributed by atoms with Crippen molar-refractivity contribution in [3.8, 4) is 0 Å². The maximum Gasteiger partial charge on any atom is 0.469 e. The van der Waals surface area contributed by atoms with Gasteiger partial charge in [0.25, 0.3) is 0 Å². The number of phosphoric acid groups is 1. The topological polar surface area (TPSA) is 186 Å². The normalized spacial score (nSPS) is 14.8. The van der Waals surface area contributed by atoms with E-state index in [-0.39, 0.29) is 31.6 Å². The standard InChI is InChI=1S/C42H74NO10PS/c1-3-5-7-9-11-13-15-17-18-20-22-24-26-28-33-51-34-37(35-52-54(48,49)50)53-42(47)38(43)36-55-40(39(44)30-29-32-41(45)46)31-27-25-23-21-19-16-14-12-10-8-6-4-2/h12,14,19,21,23,25,27-28,31,33,37-40,44H,3-11,13,15-18,20,22,24,26,29-30,32,34-36,43H2,1-2H3,(H,45,46)(H2,48,49,50)/b14-12-,21-19-,25-23+,31-27+,33-28+/t37-,38+,39+,40-/m1/s1. The molecule has 0 aromatic rings. The Morgan fingerprint density at radius 3 is 1.96 bits per heavy atom. The molecule has 0 saturated heterocycles. The van der Waals surface area contributed by atoms with Crippen molar-refractivity contribution in [2.45, 2.75) is 172 Å². The molecule has 55 heavy (non-hydrogen) atoms. The van der Waals surface area contributed by atoms with Crippen LogP contribution in [0.25, 0.3) is 0 Å². The molecule has 0 unspecified atom stereocenters. The van der Waals surface area contributed by atoms with E-state index in [9.17, 15) is 29.0 Å². The summed E-state index contributed by atoms with van der Waals surface area (Å²) in [6, 6.07) is -1.13. The summed E-state index contributed by atoms with van der Waals surface area (Å²) in [6.07, 6.45) is 39.0. The molecule has 0 amide bonds. The number of aliphatic hydroxyl groups is 1. The van der Waals surface area contributed by atoms with Gasteiger partial charge < -0.3 is 35.2 Å². The number of unbranched alkanes of at least 4 members (excludes halogenated alkanes) is 15. The van der Waals surface area contributed by atoms with E-state index >= 15 is 0 Å². The number of carbonyl (C=O) groups excluding carboxylic acids is 1. The number of carboxylic acids is 1. The van der Waals surface area contributed by atoms with Crippen molar-refractivity contribution in [2.24, 2.45) is 5.73 Å². The van der Waals surface area contributed by atoms with Crippen LogP contribution in [0.1, 0.15) is 149 Å². The number of hydrogen-bond donors (Lipinski definition) is 5.